The van der Waals surface area contributed by atoms with E-state index in [0.29, 0.717) is 30.9 Å². The number of para-hydroxylation sites is 1. The SMILES string of the molecule is O=C(NC(=S)NCCCO)c1ccccc1OCCc1ccccc1. The Morgan fingerprint density at radius 2 is 1.80 bits per heavy atom. The lowest BCUT2D eigenvalue weighted by atomic mass is 10.1. The Balaban J connectivity index is 1.90. The van der Waals surface area contributed by atoms with Crippen LogP contribution >= 0.6 is 12.2 Å². The van der Waals surface area contributed by atoms with E-state index < -0.39 is 0 Å². The summed E-state index contributed by atoms with van der Waals surface area (Å²) in [6.07, 6.45) is 1.33. The molecule has 6 heteroatoms. The summed E-state index contributed by atoms with van der Waals surface area (Å²) in [6.45, 7) is 1.06. The van der Waals surface area contributed by atoms with Crippen LogP contribution in [0.25, 0.3) is 0 Å². The quantitative estimate of drug-likeness (QED) is 0.499. The molecule has 2 aromatic rings. The number of carbonyl (C=O) groups excluding carboxylic acids is 1. The number of hydrogen-bond acceptors (Lipinski definition) is 4. The maximum absolute atomic E-state index is 12.4. The zero-order chi connectivity index (χ0) is 17.9. The molecular formula is C19H22N2O3S. The maximum atomic E-state index is 12.4. The topological polar surface area (TPSA) is 70.6 Å². The number of amides is 1. The molecule has 0 bridgehead atoms. The minimum atomic E-state index is -0.322. The number of benzene rings is 2. The molecule has 0 unspecified atom stereocenters. The van der Waals surface area contributed by atoms with Crippen molar-refractivity contribution in [2.75, 3.05) is 19.8 Å². The lowest BCUT2D eigenvalue weighted by Crippen LogP contribution is -2.39. The molecule has 0 aliphatic rings. The molecule has 0 saturated heterocycles. The molecule has 2 rings (SSSR count). The van der Waals surface area contributed by atoms with Gasteiger partial charge in [-0.25, -0.2) is 0 Å². The molecule has 0 fully saturated rings. The van der Waals surface area contributed by atoms with Crippen molar-refractivity contribution < 1.29 is 14.6 Å². The van der Waals surface area contributed by atoms with Crippen LogP contribution in [0.2, 0.25) is 0 Å². The van der Waals surface area contributed by atoms with Gasteiger partial charge in [0.05, 0.1) is 12.2 Å². The highest BCUT2D eigenvalue weighted by molar-refractivity contribution is 7.80. The minimum absolute atomic E-state index is 0.0711. The number of rotatable bonds is 8. The van der Waals surface area contributed by atoms with Crippen LogP contribution in [-0.4, -0.2) is 35.9 Å². The summed E-state index contributed by atoms with van der Waals surface area (Å²) in [5.41, 5.74) is 1.61. The van der Waals surface area contributed by atoms with Gasteiger partial charge in [-0.15, -0.1) is 0 Å². The Kier molecular flexibility index (Phi) is 7.88. The Hall–Kier alpha value is -2.44. The number of thiocarbonyl (C=S) groups is 1. The van der Waals surface area contributed by atoms with E-state index in [0.717, 1.165) is 6.42 Å². The summed E-state index contributed by atoms with van der Waals surface area (Å²) in [4.78, 5) is 12.4. The number of nitrogens with one attached hydrogen (secondary N) is 2. The van der Waals surface area contributed by atoms with E-state index in [4.69, 9.17) is 22.1 Å². The van der Waals surface area contributed by atoms with Crippen molar-refractivity contribution >= 4 is 23.2 Å². The van der Waals surface area contributed by atoms with E-state index in [-0.39, 0.29) is 17.6 Å². The number of ether oxygens (including phenoxy) is 1. The van der Waals surface area contributed by atoms with Crippen LogP contribution in [0.1, 0.15) is 22.3 Å². The summed E-state index contributed by atoms with van der Waals surface area (Å²) in [5, 5.41) is 14.5. The summed E-state index contributed by atoms with van der Waals surface area (Å²) in [5.74, 6) is 0.200. The molecule has 5 nitrogen and oxygen atoms in total. The zero-order valence-corrected chi connectivity index (χ0v) is 14.7. The number of hydrogen-bond donors (Lipinski definition) is 3. The highest BCUT2D eigenvalue weighted by Crippen LogP contribution is 2.18. The van der Waals surface area contributed by atoms with Crippen LogP contribution in [0.15, 0.2) is 54.6 Å². The third kappa shape index (κ3) is 6.52. The van der Waals surface area contributed by atoms with Crippen molar-refractivity contribution in [3.05, 3.63) is 65.7 Å². The smallest absolute Gasteiger partial charge is 0.261 e. The van der Waals surface area contributed by atoms with Gasteiger partial charge in [0.25, 0.3) is 5.91 Å². The van der Waals surface area contributed by atoms with Crippen molar-refractivity contribution in [2.24, 2.45) is 0 Å². The molecule has 3 N–H and O–H groups in total. The van der Waals surface area contributed by atoms with E-state index in [9.17, 15) is 4.79 Å². The highest BCUT2D eigenvalue weighted by Gasteiger charge is 2.13. The summed E-state index contributed by atoms with van der Waals surface area (Å²) >= 11 is 5.07. The molecule has 0 saturated carbocycles. The molecule has 0 atom stereocenters. The van der Waals surface area contributed by atoms with Gasteiger partial charge in [-0.1, -0.05) is 42.5 Å². The predicted molar refractivity (Wildman–Crippen MR) is 102 cm³/mol. The average molecular weight is 358 g/mol. The van der Waals surface area contributed by atoms with Crippen LogP contribution < -0.4 is 15.4 Å². The summed E-state index contributed by atoms with van der Waals surface area (Å²) in [7, 11) is 0. The van der Waals surface area contributed by atoms with Crippen LogP contribution in [0.5, 0.6) is 5.75 Å². The third-order valence-corrected chi connectivity index (χ3v) is 3.72. The van der Waals surface area contributed by atoms with Crippen LogP contribution in [0.4, 0.5) is 0 Å². The van der Waals surface area contributed by atoms with Gasteiger partial charge in [0.1, 0.15) is 5.75 Å². The number of aliphatic hydroxyl groups is 1. The lowest BCUT2D eigenvalue weighted by Gasteiger charge is -2.13. The number of aliphatic hydroxyl groups excluding tert-OH is 1. The van der Waals surface area contributed by atoms with E-state index in [1.165, 1.54) is 5.56 Å². The standard InChI is InChI=1S/C19H22N2O3S/c22-13-6-12-20-19(25)21-18(23)16-9-4-5-10-17(16)24-14-11-15-7-2-1-3-8-15/h1-5,7-10,22H,6,11-14H2,(H2,20,21,23,25). The maximum Gasteiger partial charge on any atom is 0.261 e. The van der Waals surface area contributed by atoms with Crippen molar-refractivity contribution in [3.8, 4) is 5.75 Å². The fourth-order valence-electron chi connectivity index (χ4n) is 2.20. The molecule has 0 spiro atoms. The lowest BCUT2D eigenvalue weighted by molar-refractivity contribution is 0.0972. The second-order valence-corrected chi connectivity index (χ2v) is 5.78. The van der Waals surface area contributed by atoms with Gasteiger partial charge in [0.2, 0.25) is 0 Å². The van der Waals surface area contributed by atoms with E-state index in [1.807, 2.05) is 36.4 Å². The van der Waals surface area contributed by atoms with Gasteiger partial charge >= 0.3 is 0 Å². The highest BCUT2D eigenvalue weighted by atomic mass is 32.1. The Bertz CT molecular complexity index is 692. The first-order chi connectivity index (χ1) is 12.2. The normalized spacial score (nSPS) is 10.1. The van der Waals surface area contributed by atoms with Crippen LogP contribution in [-0.2, 0) is 6.42 Å². The molecule has 2 aromatic carbocycles. The van der Waals surface area contributed by atoms with Gasteiger partial charge in [0.15, 0.2) is 5.11 Å². The van der Waals surface area contributed by atoms with Crippen molar-refractivity contribution in [1.82, 2.24) is 10.6 Å². The monoisotopic (exact) mass is 358 g/mol. The third-order valence-electron chi connectivity index (χ3n) is 3.47. The van der Waals surface area contributed by atoms with Crippen molar-refractivity contribution in [2.45, 2.75) is 12.8 Å². The molecule has 0 aliphatic carbocycles. The van der Waals surface area contributed by atoms with E-state index in [1.54, 1.807) is 18.2 Å². The summed E-state index contributed by atoms with van der Waals surface area (Å²) < 4.78 is 5.78. The van der Waals surface area contributed by atoms with Gasteiger partial charge < -0.3 is 15.2 Å². The van der Waals surface area contributed by atoms with E-state index in [2.05, 4.69) is 10.6 Å². The number of carbonyl (C=O) groups is 1. The first-order valence-electron chi connectivity index (χ1n) is 8.16. The molecule has 0 aromatic heterocycles. The van der Waals surface area contributed by atoms with Crippen molar-refractivity contribution in [1.29, 1.82) is 0 Å². The van der Waals surface area contributed by atoms with Gasteiger partial charge in [-0.2, -0.15) is 0 Å². The van der Waals surface area contributed by atoms with Gasteiger partial charge in [-0.3, -0.25) is 10.1 Å². The molecule has 0 radical (unpaired) electrons. The fraction of sp³-hybridized carbons (Fsp3) is 0.263. The second-order valence-electron chi connectivity index (χ2n) is 5.37. The molecule has 132 valence electrons. The molecule has 0 aliphatic heterocycles. The fourth-order valence-corrected chi connectivity index (χ4v) is 2.39. The summed E-state index contributed by atoms with van der Waals surface area (Å²) in [6, 6.07) is 17.1. The van der Waals surface area contributed by atoms with Gasteiger partial charge in [-0.05, 0) is 36.3 Å². The Morgan fingerprint density at radius 3 is 2.56 bits per heavy atom. The van der Waals surface area contributed by atoms with E-state index >= 15 is 0 Å². The largest absolute Gasteiger partial charge is 0.492 e. The first-order valence-corrected chi connectivity index (χ1v) is 8.57. The average Bonchev–Trinajstić information content (AvgIpc) is 2.63. The molecule has 1 amide bonds. The predicted octanol–water partition coefficient (Wildman–Crippen LogP) is 2.29. The molecular weight excluding hydrogens is 336 g/mol. The Morgan fingerprint density at radius 1 is 1.08 bits per heavy atom. The Labute approximate surface area is 153 Å². The molecule has 25 heavy (non-hydrogen) atoms. The van der Waals surface area contributed by atoms with Crippen LogP contribution in [0, 0.1) is 0 Å². The van der Waals surface area contributed by atoms with Gasteiger partial charge in [0, 0.05) is 19.6 Å². The first kappa shape index (κ1) is 18.9. The zero-order valence-electron chi connectivity index (χ0n) is 13.9. The minimum Gasteiger partial charge on any atom is -0.492 e. The molecule has 0 heterocycles. The van der Waals surface area contributed by atoms with Crippen molar-refractivity contribution in [3.63, 3.8) is 0 Å². The second kappa shape index (κ2) is 10.4. The van der Waals surface area contributed by atoms with Crippen LogP contribution in [0.3, 0.4) is 0 Å².